The highest BCUT2D eigenvalue weighted by atomic mass is 16.5. The van der Waals surface area contributed by atoms with Gasteiger partial charge in [0.1, 0.15) is 5.65 Å². The lowest BCUT2D eigenvalue weighted by Crippen LogP contribution is -2.43. The Kier molecular flexibility index (Phi) is 5.03. The number of hydrogen-bond donors (Lipinski definition) is 2. The van der Waals surface area contributed by atoms with Gasteiger partial charge in [-0.3, -0.25) is 4.79 Å². The third kappa shape index (κ3) is 3.72. The van der Waals surface area contributed by atoms with Crippen LogP contribution in [0.5, 0.6) is 6.01 Å². The van der Waals surface area contributed by atoms with Crippen LogP contribution in [0.2, 0.25) is 0 Å². The Morgan fingerprint density at radius 3 is 2.97 bits per heavy atom. The molecule has 0 aromatic carbocycles. The second-order valence-electron chi connectivity index (χ2n) is 7.90. The third-order valence-electron chi connectivity index (χ3n) is 5.81. The van der Waals surface area contributed by atoms with Crippen molar-refractivity contribution in [3.05, 3.63) is 42.5 Å². The van der Waals surface area contributed by atoms with E-state index in [1.54, 1.807) is 16.9 Å². The van der Waals surface area contributed by atoms with Crippen molar-refractivity contribution in [3.8, 4) is 17.1 Å². The molecule has 1 saturated heterocycles. The molecular weight excluding hydrogens is 394 g/mol. The molecule has 0 unspecified atom stereocenters. The van der Waals surface area contributed by atoms with Gasteiger partial charge in [0.2, 0.25) is 0 Å². The number of carbonyl (C=O) groups is 1. The number of nitrogens with one attached hydrogen (secondary N) is 2. The van der Waals surface area contributed by atoms with Crippen molar-refractivity contribution in [1.29, 1.82) is 0 Å². The molecule has 4 aromatic rings. The Morgan fingerprint density at radius 2 is 2.16 bits per heavy atom. The summed E-state index contributed by atoms with van der Waals surface area (Å²) in [7, 11) is 2.11. The molecule has 0 bridgehead atoms. The minimum absolute atomic E-state index is 0.0784. The zero-order chi connectivity index (χ0) is 21.4. The van der Waals surface area contributed by atoms with E-state index < -0.39 is 0 Å². The van der Waals surface area contributed by atoms with Crippen LogP contribution in [-0.4, -0.2) is 68.2 Å². The maximum Gasteiger partial charge on any atom is 0.318 e. The van der Waals surface area contributed by atoms with Gasteiger partial charge in [-0.15, -0.1) is 0 Å². The molecule has 4 aromatic heterocycles. The monoisotopic (exact) mass is 419 g/mol. The van der Waals surface area contributed by atoms with E-state index in [1.165, 1.54) is 0 Å². The van der Waals surface area contributed by atoms with Crippen LogP contribution in [0.25, 0.3) is 27.7 Å². The summed E-state index contributed by atoms with van der Waals surface area (Å²) >= 11 is 0. The molecule has 1 fully saturated rings. The molecule has 0 saturated carbocycles. The quantitative estimate of drug-likeness (QED) is 0.516. The van der Waals surface area contributed by atoms with E-state index >= 15 is 0 Å². The lowest BCUT2D eigenvalue weighted by molar-refractivity contribution is 0.0918. The van der Waals surface area contributed by atoms with Crippen LogP contribution in [0.3, 0.4) is 0 Å². The number of H-pyrrole nitrogens is 1. The summed E-state index contributed by atoms with van der Waals surface area (Å²) in [5, 5.41) is 8.43. The maximum atomic E-state index is 13.0. The fraction of sp³-hybridized carbons (Fsp3) is 0.364. The highest BCUT2D eigenvalue weighted by Crippen LogP contribution is 2.29. The van der Waals surface area contributed by atoms with Crippen molar-refractivity contribution in [2.45, 2.75) is 25.8 Å². The van der Waals surface area contributed by atoms with Crippen LogP contribution >= 0.6 is 0 Å². The van der Waals surface area contributed by atoms with Gasteiger partial charge < -0.3 is 19.9 Å². The third-order valence-corrected chi connectivity index (χ3v) is 5.81. The van der Waals surface area contributed by atoms with Gasteiger partial charge in [0.05, 0.1) is 23.9 Å². The van der Waals surface area contributed by atoms with Gasteiger partial charge >= 0.3 is 6.01 Å². The van der Waals surface area contributed by atoms with Crippen molar-refractivity contribution in [1.82, 2.24) is 34.8 Å². The molecule has 31 heavy (non-hydrogen) atoms. The Morgan fingerprint density at radius 1 is 1.32 bits per heavy atom. The van der Waals surface area contributed by atoms with E-state index in [0.717, 1.165) is 48.0 Å². The predicted molar refractivity (Wildman–Crippen MR) is 117 cm³/mol. The standard InChI is InChI=1S/C22H25N7O2/c1-3-31-22-24-12-17-16(11-23-20(17)27-22)14-4-9-29-19(10-14)18(13-25-29)21(30)26-15-5-7-28(2)8-6-15/h4,9-13,15H,3,5-8H2,1-2H3,(H,26,30)(H,23,24,27). The molecule has 5 heterocycles. The van der Waals surface area contributed by atoms with Crippen LogP contribution in [0.15, 0.2) is 36.9 Å². The number of fused-ring (bicyclic) bond motifs is 2. The van der Waals surface area contributed by atoms with Crippen LogP contribution in [0.1, 0.15) is 30.1 Å². The van der Waals surface area contributed by atoms with Crippen LogP contribution < -0.4 is 10.1 Å². The number of pyridine rings is 1. The molecule has 1 aliphatic heterocycles. The topological polar surface area (TPSA) is 100 Å². The Bertz CT molecular complexity index is 1240. The molecule has 2 N–H and O–H groups in total. The van der Waals surface area contributed by atoms with E-state index in [4.69, 9.17) is 4.74 Å². The van der Waals surface area contributed by atoms with Crippen LogP contribution in [-0.2, 0) is 0 Å². The number of hydrogen-bond acceptors (Lipinski definition) is 6. The molecule has 0 aliphatic carbocycles. The molecule has 5 rings (SSSR count). The minimum Gasteiger partial charge on any atom is -0.464 e. The molecule has 9 heteroatoms. The number of amides is 1. The molecule has 0 spiro atoms. The predicted octanol–water partition coefficient (Wildman–Crippen LogP) is 2.50. The van der Waals surface area contributed by atoms with Crippen molar-refractivity contribution >= 4 is 22.5 Å². The van der Waals surface area contributed by atoms with E-state index in [0.29, 0.717) is 23.8 Å². The Balaban J connectivity index is 1.45. The summed E-state index contributed by atoms with van der Waals surface area (Å²) in [6.45, 7) is 4.41. The SMILES string of the molecule is CCOc1ncc2c(-c3ccn4ncc(C(=O)NC5CCN(C)CC5)c4c3)c[nH]c2n1. The molecule has 9 nitrogen and oxygen atoms in total. The zero-order valence-corrected chi connectivity index (χ0v) is 17.6. The van der Waals surface area contributed by atoms with Crippen LogP contribution in [0.4, 0.5) is 0 Å². The number of aromatic nitrogens is 5. The summed E-state index contributed by atoms with van der Waals surface area (Å²) in [6, 6.07) is 4.50. The number of rotatable bonds is 5. The second-order valence-corrected chi connectivity index (χ2v) is 7.90. The van der Waals surface area contributed by atoms with Gasteiger partial charge in [0.15, 0.2) is 0 Å². The number of piperidine rings is 1. The van der Waals surface area contributed by atoms with E-state index in [2.05, 4.69) is 37.3 Å². The summed E-state index contributed by atoms with van der Waals surface area (Å²) in [5.74, 6) is -0.0784. The van der Waals surface area contributed by atoms with Gasteiger partial charge in [-0.25, -0.2) is 9.50 Å². The Hall–Kier alpha value is -3.46. The first kappa shape index (κ1) is 19.5. The minimum atomic E-state index is -0.0784. The van der Waals surface area contributed by atoms with E-state index in [-0.39, 0.29) is 11.9 Å². The highest BCUT2D eigenvalue weighted by Gasteiger charge is 2.21. The van der Waals surface area contributed by atoms with Crippen molar-refractivity contribution in [2.75, 3.05) is 26.7 Å². The number of carbonyl (C=O) groups excluding carboxylic acids is 1. The van der Waals surface area contributed by atoms with E-state index in [9.17, 15) is 4.79 Å². The number of aromatic amines is 1. The summed E-state index contributed by atoms with van der Waals surface area (Å²) in [6.07, 6.45) is 9.09. The molecule has 0 atom stereocenters. The number of likely N-dealkylation sites (tertiary alicyclic amines) is 1. The average molecular weight is 419 g/mol. The molecule has 1 amide bonds. The van der Waals surface area contributed by atoms with Gasteiger partial charge in [0, 0.05) is 35.6 Å². The van der Waals surface area contributed by atoms with Crippen molar-refractivity contribution in [2.24, 2.45) is 0 Å². The smallest absolute Gasteiger partial charge is 0.318 e. The fourth-order valence-corrected chi connectivity index (χ4v) is 4.07. The first-order valence-corrected chi connectivity index (χ1v) is 10.6. The van der Waals surface area contributed by atoms with Crippen LogP contribution in [0, 0.1) is 0 Å². The molecular formula is C22H25N7O2. The summed E-state index contributed by atoms with van der Waals surface area (Å²) < 4.78 is 7.11. The Labute approximate surface area is 179 Å². The van der Waals surface area contributed by atoms with Crippen molar-refractivity contribution < 1.29 is 9.53 Å². The largest absolute Gasteiger partial charge is 0.464 e. The molecule has 1 aliphatic rings. The first-order valence-electron chi connectivity index (χ1n) is 10.6. The maximum absolute atomic E-state index is 13.0. The van der Waals surface area contributed by atoms with E-state index in [1.807, 2.05) is 31.5 Å². The molecule has 0 radical (unpaired) electrons. The van der Waals surface area contributed by atoms with Gasteiger partial charge in [-0.05, 0) is 57.6 Å². The number of nitrogens with zero attached hydrogens (tertiary/aromatic N) is 5. The summed E-state index contributed by atoms with van der Waals surface area (Å²) in [4.78, 5) is 27.1. The number of ether oxygens (including phenoxy) is 1. The highest BCUT2D eigenvalue weighted by molar-refractivity contribution is 6.02. The lowest BCUT2D eigenvalue weighted by atomic mass is 10.0. The van der Waals surface area contributed by atoms with Gasteiger partial charge in [-0.1, -0.05) is 0 Å². The normalized spacial score (nSPS) is 15.5. The lowest BCUT2D eigenvalue weighted by Gasteiger charge is -2.29. The van der Waals surface area contributed by atoms with Gasteiger partial charge in [-0.2, -0.15) is 10.1 Å². The summed E-state index contributed by atoms with van der Waals surface area (Å²) in [5.41, 5.74) is 3.98. The first-order chi connectivity index (χ1) is 15.1. The average Bonchev–Trinajstić information content (AvgIpc) is 3.39. The fourth-order valence-electron chi connectivity index (χ4n) is 4.07. The van der Waals surface area contributed by atoms with Crippen molar-refractivity contribution in [3.63, 3.8) is 0 Å². The second kappa shape index (κ2) is 7.99. The van der Waals surface area contributed by atoms with Gasteiger partial charge in [0.25, 0.3) is 5.91 Å². The zero-order valence-electron chi connectivity index (χ0n) is 17.6. The molecule has 160 valence electrons.